The van der Waals surface area contributed by atoms with E-state index in [1.807, 2.05) is 31.2 Å². The van der Waals surface area contributed by atoms with Crippen LogP contribution in [0.15, 0.2) is 30.5 Å². The van der Waals surface area contributed by atoms with Crippen molar-refractivity contribution in [2.75, 3.05) is 0 Å². The van der Waals surface area contributed by atoms with Gasteiger partial charge in [-0.05, 0) is 51.3 Å². The molecule has 3 heterocycles. The summed E-state index contributed by atoms with van der Waals surface area (Å²) < 4.78 is 1.76. The van der Waals surface area contributed by atoms with E-state index < -0.39 is 0 Å². The van der Waals surface area contributed by atoms with Crippen LogP contribution >= 0.6 is 0 Å². The number of carbonyl (C=O) groups excluding carboxylic acids is 1. The summed E-state index contributed by atoms with van der Waals surface area (Å²) in [6.45, 7) is 6.21. The van der Waals surface area contributed by atoms with Gasteiger partial charge >= 0.3 is 0 Å². The lowest BCUT2D eigenvalue weighted by atomic mass is 10.1. The second kappa shape index (κ2) is 8.31. The topological polar surface area (TPSA) is 72.7 Å². The highest BCUT2D eigenvalue weighted by molar-refractivity contribution is 6.07. The van der Waals surface area contributed by atoms with Crippen LogP contribution in [0.1, 0.15) is 80.0 Å². The zero-order chi connectivity index (χ0) is 20.4. The van der Waals surface area contributed by atoms with Gasteiger partial charge in [-0.15, -0.1) is 0 Å². The summed E-state index contributed by atoms with van der Waals surface area (Å²) in [5.74, 6) is 1.12. The average molecular weight is 392 g/mol. The highest BCUT2D eigenvalue weighted by Crippen LogP contribution is 2.40. The molecule has 1 fully saturated rings. The van der Waals surface area contributed by atoms with Gasteiger partial charge in [0.15, 0.2) is 11.5 Å². The van der Waals surface area contributed by atoms with Crippen LogP contribution in [0.4, 0.5) is 0 Å². The summed E-state index contributed by atoms with van der Waals surface area (Å²) in [6.07, 6.45) is 8.51. The Morgan fingerprint density at radius 3 is 2.83 bits per heavy atom. The molecule has 0 aromatic carbocycles. The molecule has 0 aliphatic heterocycles. The minimum absolute atomic E-state index is 0.0352. The summed E-state index contributed by atoms with van der Waals surface area (Å²) in [7, 11) is 0. The largest absolute Gasteiger partial charge is 0.350 e. The maximum absolute atomic E-state index is 13.2. The number of amides is 1. The van der Waals surface area contributed by atoms with Crippen LogP contribution in [0.25, 0.3) is 16.9 Å². The van der Waals surface area contributed by atoms with Crippen LogP contribution in [-0.2, 0) is 0 Å². The van der Waals surface area contributed by atoms with Crippen molar-refractivity contribution in [2.24, 2.45) is 0 Å². The minimum Gasteiger partial charge on any atom is -0.350 e. The Balaban J connectivity index is 1.73. The van der Waals surface area contributed by atoms with Crippen LogP contribution in [0.5, 0.6) is 0 Å². The molecule has 1 amide bonds. The predicted molar refractivity (Wildman–Crippen MR) is 114 cm³/mol. The van der Waals surface area contributed by atoms with Crippen molar-refractivity contribution in [3.05, 3.63) is 47.4 Å². The Labute approximate surface area is 171 Å². The third kappa shape index (κ3) is 4.16. The van der Waals surface area contributed by atoms with Crippen LogP contribution in [0, 0.1) is 6.92 Å². The lowest BCUT2D eigenvalue weighted by Gasteiger charge is -2.15. The third-order valence-electron chi connectivity index (χ3n) is 5.56. The zero-order valence-corrected chi connectivity index (χ0v) is 17.5. The standard InChI is InChI=1S/C23H29N5O/c1-4-5-6-9-15(2)25-23(29)18-14-19(17-11-12-17)26-22-21(18)16(3)27-28(22)20-10-7-8-13-24-20/h7-8,10,13-15,17H,4-6,9,11-12H2,1-3H3,(H,25,29). The van der Waals surface area contributed by atoms with Gasteiger partial charge < -0.3 is 5.32 Å². The maximum atomic E-state index is 13.2. The van der Waals surface area contributed by atoms with E-state index in [-0.39, 0.29) is 11.9 Å². The van der Waals surface area contributed by atoms with E-state index in [0.717, 1.165) is 48.1 Å². The number of nitrogens with zero attached hydrogens (tertiary/aromatic N) is 4. The molecule has 3 aromatic rings. The highest BCUT2D eigenvalue weighted by atomic mass is 16.1. The van der Waals surface area contributed by atoms with Gasteiger partial charge in [0.25, 0.3) is 5.91 Å². The first-order valence-corrected chi connectivity index (χ1v) is 10.7. The van der Waals surface area contributed by atoms with Crippen molar-refractivity contribution in [3.8, 4) is 5.82 Å². The Kier molecular flexibility index (Phi) is 5.60. The summed E-state index contributed by atoms with van der Waals surface area (Å²) in [5, 5.41) is 8.68. The molecule has 1 N–H and O–H groups in total. The van der Waals surface area contributed by atoms with E-state index in [0.29, 0.717) is 17.3 Å². The summed E-state index contributed by atoms with van der Waals surface area (Å²) in [6, 6.07) is 7.84. The fourth-order valence-electron chi connectivity index (χ4n) is 3.79. The highest BCUT2D eigenvalue weighted by Gasteiger charge is 2.29. The van der Waals surface area contributed by atoms with Crippen molar-refractivity contribution in [1.29, 1.82) is 0 Å². The van der Waals surface area contributed by atoms with Gasteiger partial charge in [-0.2, -0.15) is 9.78 Å². The molecule has 3 aromatic heterocycles. The van der Waals surface area contributed by atoms with Gasteiger partial charge in [0, 0.05) is 23.9 Å². The van der Waals surface area contributed by atoms with Crippen molar-refractivity contribution in [2.45, 2.75) is 71.3 Å². The van der Waals surface area contributed by atoms with E-state index in [1.165, 1.54) is 12.8 Å². The lowest BCUT2D eigenvalue weighted by molar-refractivity contribution is 0.0939. The van der Waals surface area contributed by atoms with Gasteiger partial charge in [0.1, 0.15) is 0 Å². The van der Waals surface area contributed by atoms with Gasteiger partial charge in [-0.1, -0.05) is 32.3 Å². The maximum Gasteiger partial charge on any atom is 0.252 e. The molecule has 4 rings (SSSR count). The van der Waals surface area contributed by atoms with E-state index in [1.54, 1.807) is 10.9 Å². The van der Waals surface area contributed by atoms with Gasteiger partial charge in [-0.25, -0.2) is 9.97 Å². The first kappa shape index (κ1) is 19.6. The third-order valence-corrected chi connectivity index (χ3v) is 5.56. The van der Waals surface area contributed by atoms with E-state index in [9.17, 15) is 4.79 Å². The number of unbranched alkanes of at least 4 members (excludes halogenated alkanes) is 2. The molecule has 6 nitrogen and oxygen atoms in total. The Bertz CT molecular complexity index is 1010. The molecule has 1 unspecified atom stereocenters. The first-order valence-electron chi connectivity index (χ1n) is 10.7. The number of aryl methyl sites for hydroxylation is 1. The minimum atomic E-state index is -0.0352. The molecule has 152 valence electrons. The smallest absolute Gasteiger partial charge is 0.252 e. The number of hydrogen-bond donors (Lipinski definition) is 1. The van der Waals surface area contributed by atoms with E-state index in [4.69, 9.17) is 4.98 Å². The van der Waals surface area contributed by atoms with E-state index in [2.05, 4.69) is 29.2 Å². The van der Waals surface area contributed by atoms with Crippen molar-refractivity contribution in [1.82, 2.24) is 25.1 Å². The summed E-state index contributed by atoms with van der Waals surface area (Å²) in [5.41, 5.74) is 3.18. The molecule has 1 aliphatic rings. The first-order chi connectivity index (χ1) is 14.1. The molecule has 0 radical (unpaired) electrons. The van der Waals surface area contributed by atoms with Gasteiger partial charge in [0.2, 0.25) is 0 Å². The summed E-state index contributed by atoms with van der Waals surface area (Å²) >= 11 is 0. The second-order valence-electron chi connectivity index (χ2n) is 8.12. The fraction of sp³-hybridized carbons (Fsp3) is 0.478. The molecule has 29 heavy (non-hydrogen) atoms. The molecule has 0 bridgehead atoms. The molecule has 1 saturated carbocycles. The number of hydrogen-bond acceptors (Lipinski definition) is 4. The number of pyridine rings is 2. The zero-order valence-electron chi connectivity index (χ0n) is 17.5. The van der Waals surface area contributed by atoms with Crippen molar-refractivity contribution < 1.29 is 4.79 Å². The molecule has 6 heteroatoms. The SMILES string of the molecule is CCCCCC(C)NC(=O)c1cc(C2CC2)nc2c1c(C)nn2-c1ccccn1. The number of rotatable bonds is 8. The fourth-order valence-corrected chi connectivity index (χ4v) is 3.79. The van der Waals surface area contributed by atoms with Gasteiger partial charge in [0.05, 0.1) is 16.6 Å². The molecule has 1 aliphatic carbocycles. The van der Waals surface area contributed by atoms with Crippen LogP contribution in [-0.4, -0.2) is 31.7 Å². The Morgan fingerprint density at radius 2 is 2.14 bits per heavy atom. The Morgan fingerprint density at radius 1 is 1.31 bits per heavy atom. The number of nitrogens with one attached hydrogen (secondary N) is 1. The quantitative estimate of drug-likeness (QED) is 0.565. The monoisotopic (exact) mass is 391 g/mol. The van der Waals surface area contributed by atoms with Gasteiger partial charge in [-0.3, -0.25) is 4.79 Å². The van der Waals surface area contributed by atoms with Crippen LogP contribution in [0.3, 0.4) is 0 Å². The molecule has 0 saturated heterocycles. The number of carbonyl (C=O) groups is 1. The van der Waals surface area contributed by atoms with Crippen LogP contribution in [0.2, 0.25) is 0 Å². The molecular weight excluding hydrogens is 362 g/mol. The predicted octanol–water partition coefficient (Wildman–Crippen LogP) is 4.70. The van der Waals surface area contributed by atoms with Crippen molar-refractivity contribution >= 4 is 16.9 Å². The second-order valence-corrected chi connectivity index (χ2v) is 8.12. The Hall–Kier alpha value is -2.76. The summed E-state index contributed by atoms with van der Waals surface area (Å²) in [4.78, 5) is 22.5. The number of aromatic nitrogens is 4. The van der Waals surface area contributed by atoms with E-state index >= 15 is 0 Å². The lowest BCUT2D eigenvalue weighted by Crippen LogP contribution is -2.32. The average Bonchev–Trinajstić information content (AvgIpc) is 3.52. The molecule has 1 atom stereocenters. The van der Waals surface area contributed by atoms with Crippen LogP contribution < -0.4 is 5.32 Å². The number of fused-ring (bicyclic) bond motifs is 1. The molecule has 0 spiro atoms. The molecular formula is C23H29N5O. The van der Waals surface area contributed by atoms with Crippen molar-refractivity contribution in [3.63, 3.8) is 0 Å². The normalized spacial score (nSPS) is 14.9.